The van der Waals surface area contributed by atoms with Gasteiger partial charge >= 0.3 is 6.09 Å². The fourth-order valence-electron chi connectivity index (χ4n) is 9.62. The first-order valence-electron chi connectivity index (χ1n) is 22.0. The number of allylic oxidation sites excluding steroid dienone is 1. The molecule has 1 saturated carbocycles. The molecule has 344 valence electrons. The molecule has 7 rings (SSSR count). The number of ether oxygens (including phenoxy) is 4. The molecule has 1 heterocycles. The van der Waals surface area contributed by atoms with E-state index in [0.717, 1.165) is 24.0 Å². The number of aliphatic hydroxyl groups excluding tert-OH is 2. The Kier molecular flexibility index (Phi) is 15.6. The van der Waals surface area contributed by atoms with E-state index in [1.165, 1.54) is 42.3 Å². The number of rotatable bonds is 21. The molecule has 1 aliphatic heterocycles. The molecular formula is C50H55F2N3O10. The number of nitrogens with zero attached hydrogens (tertiary/aromatic N) is 3. The number of nitro benzene ring substituents is 1. The highest BCUT2D eigenvalue weighted by Gasteiger charge is 2.65. The maximum Gasteiger partial charge on any atom is 0.410 e. The summed E-state index contributed by atoms with van der Waals surface area (Å²) < 4.78 is 55.0. The average Bonchev–Trinajstić information content (AvgIpc) is 3.31. The van der Waals surface area contributed by atoms with E-state index in [2.05, 4.69) is 12.7 Å². The van der Waals surface area contributed by atoms with Gasteiger partial charge in [0.05, 0.1) is 30.3 Å². The van der Waals surface area contributed by atoms with E-state index in [1.54, 1.807) is 60.7 Å². The van der Waals surface area contributed by atoms with Crippen LogP contribution >= 0.6 is 0 Å². The van der Waals surface area contributed by atoms with Crippen LogP contribution in [0.1, 0.15) is 73.1 Å². The number of non-ortho nitro benzene ring substituents is 1. The number of hydrogen-bond donors (Lipinski definition) is 2. The maximum absolute atomic E-state index is 14.8. The number of unbranched alkanes of at least 4 members (excludes halogenated alkanes) is 2. The van der Waals surface area contributed by atoms with Gasteiger partial charge in [-0.25, -0.2) is 13.6 Å². The summed E-state index contributed by atoms with van der Waals surface area (Å²) in [5.41, 5.74) is 3.68. The van der Waals surface area contributed by atoms with Crippen LogP contribution in [0.15, 0.2) is 120 Å². The SMILES string of the molecule is C=CCO[C@@]12Oc3ccc(OCc4ccccc4F)cc3[C@H]3[C@H](CCCCO)[C@@H](CCCCO)C=C(C(=NOCc4ccc([N+](=O)[O-])cc4)C[C@@H]1N(Cc1ccc(F)cc1)C(=O)OC)[C@H]32. The number of benzene rings is 4. The van der Waals surface area contributed by atoms with Crippen molar-refractivity contribution in [1.82, 2.24) is 4.90 Å². The molecule has 3 aliphatic rings. The van der Waals surface area contributed by atoms with Gasteiger partial charge in [0.15, 0.2) is 0 Å². The molecule has 6 atom stereocenters. The third-order valence-corrected chi connectivity index (χ3v) is 12.6. The number of halogens is 2. The van der Waals surface area contributed by atoms with Gasteiger partial charge in [-0.05, 0) is 103 Å². The number of nitro groups is 1. The largest absolute Gasteiger partial charge is 0.489 e. The van der Waals surface area contributed by atoms with Crippen LogP contribution in [0, 0.1) is 39.5 Å². The van der Waals surface area contributed by atoms with E-state index in [0.29, 0.717) is 59.6 Å². The van der Waals surface area contributed by atoms with Gasteiger partial charge in [-0.15, -0.1) is 6.58 Å². The van der Waals surface area contributed by atoms with E-state index in [4.69, 9.17) is 28.9 Å². The zero-order chi connectivity index (χ0) is 45.9. The van der Waals surface area contributed by atoms with Crippen molar-refractivity contribution in [2.24, 2.45) is 22.9 Å². The smallest absolute Gasteiger partial charge is 0.410 e. The van der Waals surface area contributed by atoms with E-state index in [-0.39, 0.29) is 75.3 Å². The number of aliphatic hydroxyl groups is 2. The summed E-state index contributed by atoms with van der Waals surface area (Å²) in [6, 6.07) is 22.8. The molecule has 2 aliphatic carbocycles. The van der Waals surface area contributed by atoms with Crippen LogP contribution in [0.5, 0.6) is 11.5 Å². The van der Waals surface area contributed by atoms with Gasteiger partial charge in [0.2, 0.25) is 5.79 Å². The normalized spacial score (nSPS) is 22.4. The van der Waals surface area contributed by atoms with Crippen molar-refractivity contribution >= 4 is 17.5 Å². The molecule has 4 aromatic carbocycles. The van der Waals surface area contributed by atoms with Crippen molar-refractivity contribution in [3.63, 3.8) is 0 Å². The van der Waals surface area contributed by atoms with Gasteiger partial charge in [-0.2, -0.15) is 0 Å². The van der Waals surface area contributed by atoms with Crippen LogP contribution in [0.25, 0.3) is 0 Å². The molecule has 0 saturated heterocycles. The monoisotopic (exact) mass is 895 g/mol. The highest BCUT2D eigenvalue weighted by Crippen LogP contribution is 2.62. The first-order valence-corrected chi connectivity index (χ1v) is 22.0. The van der Waals surface area contributed by atoms with Gasteiger partial charge in [0, 0.05) is 55.4 Å². The summed E-state index contributed by atoms with van der Waals surface area (Å²) in [7, 11) is 1.28. The van der Waals surface area contributed by atoms with Gasteiger partial charge in [0.25, 0.3) is 5.69 Å². The number of carbonyl (C=O) groups is 1. The van der Waals surface area contributed by atoms with Crippen LogP contribution in [-0.2, 0) is 34.1 Å². The summed E-state index contributed by atoms with van der Waals surface area (Å²) >= 11 is 0. The Labute approximate surface area is 377 Å². The van der Waals surface area contributed by atoms with Crippen molar-refractivity contribution in [2.75, 3.05) is 26.9 Å². The molecule has 0 unspecified atom stereocenters. The van der Waals surface area contributed by atoms with Crippen molar-refractivity contribution in [1.29, 1.82) is 0 Å². The second-order valence-electron chi connectivity index (χ2n) is 16.6. The molecule has 2 N–H and O–H groups in total. The fraction of sp³-hybridized carbons (Fsp3) is 0.400. The number of fused-ring (bicyclic) bond motifs is 2. The minimum absolute atomic E-state index is 0.0135. The third kappa shape index (κ3) is 10.5. The van der Waals surface area contributed by atoms with Crippen LogP contribution in [0.2, 0.25) is 0 Å². The fourth-order valence-corrected chi connectivity index (χ4v) is 9.62. The van der Waals surface area contributed by atoms with E-state index in [9.17, 15) is 33.9 Å². The Morgan fingerprint density at radius 2 is 1.69 bits per heavy atom. The summed E-state index contributed by atoms with van der Waals surface area (Å²) in [4.78, 5) is 32.7. The average molecular weight is 896 g/mol. The third-order valence-electron chi connectivity index (χ3n) is 12.6. The lowest BCUT2D eigenvalue weighted by molar-refractivity contribution is -0.384. The first kappa shape index (κ1) is 46.8. The number of carbonyl (C=O) groups excluding carboxylic acids is 1. The van der Waals surface area contributed by atoms with Gasteiger partial charge < -0.3 is 34.0 Å². The Balaban J connectivity index is 1.42. The number of oxime groups is 1. The zero-order valence-electron chi connectivity index (χ0n) is 36.4. The lowest BCUT2D eigenvalue weighted by Crippen LogP contribution is -2.70. The van der Waals surface area contributed by atoms with Crippen molar-refractivity contribution in [3.05, 3.63) is 159 Å². The Hall–Kier alpha value is -6.16. The van der Waals surface area contributed by atoms with Gasteiger partial charge in [-0.3, -0.25) is 15.0 Å². The molecule has 0 bridgehead atoms. The first-order chi connectivity index (χ1) is 31.6. The van der Waals surface area contributed by atoms with E-state index in [1.807, 2.05) is 6.07 Å². The molecule has 65 heavy (non-hydrogen) atoms. The van der Waals surface area contributed by atoms with Crippen LogP contribution in [-0.4, -0.2) is 70.6 Å². The van der Waals surface area contributed by atoms with Crippen LogP contribution in [0.4, 0.5) is 19.3 Å². The second kappa shape index (κ2) is 21.7. The van der Waals surface area contributed by atoms with E-state index < -0.39 is 34.6 Å². The highest BCUT2D eigenvalue weighted by atomic mass is 19.1. The molecule has 0 spiro atoms. The minimum Gasteiger partial charge on any atom is -0.489 e. The maximum atomic E-state index is 14.8. The molecule has 1 fully saturated rings. The number of methoxy groups -OCH3 is 1. The summed E-state index contributed by atoms with van der Waals surface area (Å²) in [5.74, 6) is -2.65. The lowest BCUT2D eigenvalue weighted by Gasteiger charge is -2.59. The molecule has 4 aromatic rings. The van der Waals surface area contributed by atoms with Gasteiger partial charge in [0.1, 0.15) is 42.4 Å². The predicted molar refractivity (Wildman–Crippen MR) is 238 cm³/mol. The molecule has 0 aromatic heterocycles. The zero-order valence-corrected chi connectivity index (χ0v) is 36.4. The van der Waals surface area contributed by atoms with E-state index >= 15 is 0 Å². The van der Waals surface area contributed by atoms with Crippen LogP contribution in [0.3, 0.4) is 0 Å². The number of hydrogen-bond acceptors (Lipinski definition) is 11. The summed E-state index contributed by atoms with van der Waals surface area (Å²) in [6.45, 7) is 3.97. The van der Waals surface area contributed by atoms with Crippen molar-refractivity contribution in [2.45, 2.75) is 82.5 Å². The minimum atomic E-state index is -1.61. The van der Waals surface area contributed by atoms with Crippen molar-refractivity contribution < 1.29 is 52.5 Å². The lowest BCUT2D eigenvalue weighted by atomic mass is 9.55. The quantitative estimate of drug-likeness (QED) is 0.0357. The summed E-state index contributed by atoms with van der Waals surface area (Å²) in [5, 5.41) is 36.0. The Bertz CT molecular complexity index is 2340. The topological polar surface area (TPSA) is 162 Å². The number of amides is 1. The Morgan fingerprint density at radius 3 is 2.38 bits per heavy atom. The standard InChI is InChI=1S/C50H55F2N3O10/c1-3-26-63-50-46(54(49(58)61-2)30-33-14-18-37(51)19-15-33)29-44(53-64-31-34-16-20-38(21-17-34)55(59)60)41-27-35(10-6-8-24-56)40(12-7-9-25-57)47(48(41)50)42-28-39(22-23-45(42)65-50)62-32-36-11-4-5-13-43(36)52/h3-5,11,13-23,27-28,35,40,46-48,56-57H,1,6-10,12,24-26,29-32H2,2H3/t35-,40+,46-,47+,48+,50+/m0/s1. The second-order valence-corrected chi connectivity index (χ2v) is 16.6. The molecule has 1 amide bonds. The molecule has 13 nitrogen and oxygen atoms in total. The molecular weight excluding hydrogens is 841 g/mol. The Morgan fingerprint density at radius 1 is 0.969 bits per heavy atom. The molecule has 15 heteroatoms. The highest BCUT2D eigenvalue weighted by molar-refractivity contribution is 6.03. The summed E-state index contributed by atoms with van der Waals surface area (Å²) in [6.07, 6.45) is 7.18. The van der Waals surface area contributed by atoms with Gasteiger partial charge in [-0.1, -0.05) is 60.5 Å². The van der Waals surface area contributed by atoms with Crippen molar-refractivity contribution in [3.8, 4) is 11.5 Å². The van der Waals surface area contributed by atoms with Crippen LogP contribution < -0.4 is 9.47 Å². The molecule has 0 radical (unpaired) electrons. The predicted octanol–water partition coefficient (Wildman–Crippen LogP) is 9.55.